The molecule has 0 amide bonds. The van der Waals surface area contributed by atoms with Gasteiger partial charge in [-0.05, 0) is 71.5 Å². The number of carboxylic acid groups (broad SMARTS) is 1. The normalized spacial score (nSPS) is 13.6. The number of hydrogen-bond acceptors (Lipinski definition) is 2. The first-order valence-corrected chi connectivity index (χ1v) is 7.82. The Bertz CT molecular complexity index is 613. The molecule has 5 heteroatoms. The molecule has 2 aromatic carbocycles. The molecule has 0 aromatic heterocycles. The van der Waals surface area contributed by atoms with Crippen LogP contribution in [0.15, 0.2) is 53.0 Å². The molecule has 0 saturated carbocycles. The molecule has 2 aromatic rings. The first-order valence-electron chi connectivity index (χ1n) is 5.95. The summed E-state index contributed by atoms with van der Waals surface area (Å²) in [5, 5.41) is 12.7. The largest absolute Gasteiger partial charge is 0.479 e. The highest BCUT2D eigenvalue weighted by molar-refractivity contribution is 14.1. The van der Waals surface area contributed by atoms with Crippen LogP contribution in [-0.4, -0.2) is 11.1 Å². The standard InChI is InChI=1S/C15H13BrINO2/c1-15(14(19)20,10-2-6-12(17)7-3-10)18-13-8-4-11(16)5-9-13/h2-9,18H,1H3,(H,19,20). The molecule has 3 nitrogen and oxygen atoms in total. The Hall–Kier alpha value is -1.08. The highest BCUT2D eigenvalue weighted by Crippen LogP contribution is 2.28. The highest BCUT2D eigenvalue weighted by Gasteiger charge is 2.35. The molecule has 0 radical (unpaired) electrons. The summed E-state index contributed by atoms with van der Waals surface area (Å²) in [6.45, 7) is 1.67. The third-order valence-corrected chi connectivity index (χ3v) is 4.34. The molecule has 0 aliphatic carbocycles. The second kappa shape index (κ2) is 6.13. The number of aliphatic carboxylic acids is 1. The maximum absolute atomic E-state index is 11.7. The number of halogens is 2. The Morgan fingerprint density at radius 3 is 2.20 bits per heavy atom. The topological polar surface area (TPSA) is 49.3 Å². The van der Waals surface area contributed by atoms with Gasteiger partial charge in [0.2, 0.25) is 0 Å². The van der Waals surface area contributed by atoms with Crippen molar-refractivity contribution in [2.75, 3.05) is 5.32 Å². The molecule has 0 saturated heterocycles. The molecule has 0 aliphatic rings. The summed E-state index contributed by atoms with van der Waals surface area (Å²) in [6, 6.07) is 14.9. The van der Waals surface area contributed by atoms with Crippen molar-refractivity contribution in [3.8, 4) is 0 Å². The molecule has 2 rings (SSSR count). The van der Waals surface area contributed by atoms with Crippen LogP contribution in [0, 0.1) is 3.57 Å². The molecule has 2 N–H and O–H groups in total. The molecular weight excluding hydrogens is 433 g/mol. The smallest absolute Gasteiger partial charge is 0.333 e. The van der Waals surface area contributed by atoms with Crippen molar-refractivity contribution >= 4 is 50.2 Å². The predicted octanol–water partition coefficient (Wildman–Crippen LogP) is 4.47. The number of hydrogen-bond donors (Lipinski definition) is 2. The zero-order valence-electron chi connectivity index (χ0n) is 10.7. The first kappa shape index (κ1) is 15.3. The molecule has 0 fully saturated rings. The Kier molecular flexibility index (Phi) is 4.70. The van der Waals surface area contributed by atoms with Crippen LogP contribution in [0.4, 0.5) is 5.69 Å². The Labute approximate surface area is 139 Å². The third-order valence-electron chi connectivity index (χ3n) is 3.09. The van der Waals surface area contributed by atoms with E-state index in [0.717, 1.165) is 13.7 Å². The van der Waals surface area contributed by atoms with E-state index in [4.69, 9.17) is 0 Å². The first-order chi connectivity index (χ1) is 9.41. The van der Waals surface area contributed by atoms with E-state index in [1.807, 2.05) is 48.5 Å². The number of rotatable bonds is 4. The van der Waals surface area contributed by atoms with Crippen molar-refractivity contribution < 1.29 is 9.90 Å². The van der Waals surface area contributed by atoms with Gasteiger partial charge in [0.25, 0.3) is 0 Å². The van der Waals surface area contributed by atoms with Gasteiger partial charge in [-0.15, -0.1) is 0 Å². The van der Waals surface area contributed by atoms with E-state index in [1.54, 1.807) is 6.92 Å². The number of carboxylic acids is 1. The van der Waals surface area contributed by atoms with Gasteiger partial charge in [0.1, 0.15) is 0 Å². The van der Waals surface area contributed by atoms with E-state index in [9.17, 15) is 9.90 Å². The van der Waals surface area contributed by atoms with E-state index in [2.05, 4.69) is 43.8 Å². The molecule has 0 bridgehead atoms. The second-order valence-corrected chi connectivity index (χ2v) is 6.73. The fourth-order valence-corrected chi connectivity index (χ4v) is 2.48. The number of benzene rings is 2. The average molecular weight is 446 g/mol. The third kappa shape index (κ3) is 3.32. The van der Waals surface area contributed by atoms with Crippen molar-refractivity contribution in [1.29, 1.82) is 0 Å². The van der Waals surface area contributed by atoms with Crippen molar-refractivity contribution in [1.82, 2.24) is 0 Å². The number of carbonyl (C=O) groups is 1. The van der Waals surface area contributed by atoms with Crippen LogP contribution in [0.1, 0.15) is 12.5 Å². The van der Waals surface area contributed by atoms with E-state index >= 15 is 0 Å². The molecule has 0 spiro atoms. The van der Waals surface area contributed by atoms with Crippen LogP contribution in [0.2, 0.25) is 0 Å². The fraction of sp³-hybridized carbons (Fsp3) is 0.133. The molecule has 1 atom stereocenters. The lowest BCUT2D eigenvalue weighted by Crippen LogP contribution is -2.40. The lowest BCUT2D eigenvalue weighted by molar-refractivity contribution is -0.142. The average Bonchev–Trinajstić information content (AvgIpc) is 2.42. The number of nitrogens with one attached hydrogen (secondary N) is 1. The molecular formula is C15H13BrINO2. The van der Waals surface area contributed by atoms with Crippen LogP contribution in [0.3, 0.4) is 0 Å². The van der Waals surface area contributed by atoms with E-state index in [1.165, 1.54) is 0 Å². The fourth-order valence-electron chi connectivity index (χ4n) is 1.85. The lowest BCUT2D eigenvalue weighted by atomic mass is 9.92. The maximum atomic E-state index is 11.7. The van der Waals surface area contributed by atoms with Crippen LogP contribution in [0.5, 0.6) is 0 Å². The monoisotopic (exact) mass is 445 g/mol. The van der Waals surface area contributed by atoms with Gasteiger partial charge in [-0.1, -0.05) is 28.1 Å². The van der Waals surface area contributed by atoms with Gasteiger partial charge < -0.3 is 10.4 Å². The Morgan fingerprint density at radius 1 is 1.15 bits per heavy atom. The van der Waals surface area contributed by atoms with E-state index < -0.39 is 11.5 Å². The van der Waals surface area contributed by atoms with E-state index in [0.29, 0.717) is 5.56 Å². The SMILES string of the molecule is CC(Nc1ccc(Br)cc1)(C(=O)O)c1ccc(I)cc1. The quantitative estimate of drug-likeness (QED) is 0.683. The van der Waals surface area contributed by atoms with Crippen molar-refractivity contribution in [3.05, 3.63) is 62.1 Å². The zero-order chi connectivity index (χ0) is 14.8. The summed E-state index contributed by atoms with van der Waals surface area (Å²) < 4.78 is 2.03. The minimum absolute atomic E-state index is 0.716. The number of anilines is 1. The molecule has 0 aliphatic heterocycles. The summed E-state index contributed by atoms with van der Waals surface area (Å²) in [5.41, 5.74) is 0.308. The van der Waals surface area contributed by atoms with Gasteiger partial charge in [-0.2, -0.15) is 0 Å². The second-order valence-electron chi connectivity index (χ2n) is 4.57. The zero-order valence-corrected chi connectivity index (χ0v) is 14.5. The van der Waals surface area contributed by atoms with Crippen molar-refractivity contribution in [2.45, 2.75) is 12.5 Å². The van der Waals surface area contributed by atoms with Gasteiger partial charge in [0.15, 0.2) is 5.54 Å². The maximum Gasteiger partial charge on any atom is 0.333 e. The predicted molar refractivity (Wildman–Crippen MR) is 91.9 cm³/mol. The summed E-state index contributed by atoms with van der Waals surface area (Å²) >= 11 is 5.56. The molecule has 104 valence electrons. The van der Waals surface area contributed by atoms with Gasteiger partial charge in [0.05, 0.1) is 0 Å². The summed E-state index contributed by atoms with van der Waals surface area (Å²) in [4.78, 5) is 11.7. The Balaban J connectivity index is 2.37. The van der Waals surface area contributed by atoms with Gasteiger partial charge in [-0.3, -0.25) is 0 Å². The van der Waals surface area contributed by atoms with Gasteiger partial charge in [0, 0.05) is 13.7 Å². The van der Waals surface area contributed by atoms with Crippen LogP contribution >= 0.6 is 38.5 Å². The summed E-state index contributed by atoms with van der Waals surface area (Å²) in [5.74, 6) is -0.915. The molecule has 0 heterocycles. The van der Waals surface area contributed by atoms with Crippen LogP contribution < -0.4 is 5.32 Å². The van der Waals surface area contributed by atoms with Crippen molar-refractivity contribution in [2.24, 2.45) is 0 Å². The minimum Gasteiger partial charge on any atom is -0.479 e. The van der Waals surface area contributed by atoms with Crippen molar-refractivity contribution in [3.63, 3.8) is 0 Å². The highest BCUT2D eigenvalue weighted by atomic mass is 127. The van der Waals surface area contributed by atoms with Gasteiger partial charge in [-0.25, -0.2) is 4.79 Å². The van der Waals surface area contributed by atoms with Crippen LogP contribution in [-0.2, 0) is 10.3 Å². The minimum atomic E-state index is -1.17. The summed E-state index contributed by atoms with van der Waals surface area (Å²) in [6.07, 6.45) is 0. The van der Waals surface area contributed by atoms with Crippen LogP contribution in [0.25, 0.3) is 0 Å². The molecule has 20 heavy (non-hydrogen) atoms. The lowest BCUT2D eigenvalue weighted by Gasteiger charge is -2.28. The van der Waals surface area contributed by atoms with E-state index in [-0.39, 0.29) is 0 Å². The summed E-state index contributed by atoms with van der Waals surface area (Å²) in [7, 11) is 0. The molecule has 1 unspecified atom stereocenters. The Morgan fingerprint density at radius 2 is 1.70 bits per heavy atom. The van der Waals surface area contributed by atoms with Gasteiger partial charge >= 0.3 is 5.97 Å².